The minimum Gasteiger partial charge on any atom is -0.478 e. The van der Waals surface area contributed by atoms with Crippen molar-refractivity contribution in [3.8, 4) is 0 Å². The van der Waals surface area contributed by atoms with Crippen LogP contribution < -0.4 is 5.32 Å². The first-order valence-corrected chi connectivity index (χ1v) is 11.4. The molecule has 0 bridgehead atoms. The fourth-order valence-corrected chi connectivity index (χ4v) is 4.50. The molecule has 0 radical (unpaired) electrons. The number of halogens is 1. The summed E-state index contributed by atoms with van der Waals surface area (Å²) in [6, 6.07) is 10.7. The van der Waals surface area contributed by atoms with Gasteiger partial charge in [0.05, 0.1) is 15.8 Å². The Morgan fingerprint density at radius 3 is 2.34 bits per heavy atom. The van der Waals surface area contributed by atoms with E-state index in [-0.39, 0.29) is 21.4 Å². The van der Waals surface area contributed by atoms with E-state index >= 15 is 0 Å². The molecule has 0 saturated carbocycles. The van der Waals surface area contributed by atoms with Crippen LogP contribution >= 0.6 is 23.4 Å². The first-order valence-electron chi connectivity index (χ1n) is 8.49. The van der Waals surface area contributed by atoms with E-state index in [0.717, 1.165) is 9.87 Å². The molecule has 0 aliphatic heterocycles. The molecule has 2 aromatic rings. The largest absolute Gasteiger partial charge is 0.478 e. The Morgan fingerprint density at radius 2 is 1.79 bits per heavy atom. The van der Waals surface area contributed by atoms with Crippen LogP contribution in [0.1, 0.15) is 22.8 Å². The SMILES string of the molecule is C[C@@H](SCc1ccc(C(=O)O)cc1)C(=O)Nc1ccc(Cl)c(S(=O)(=O)N(C)C)c1. The van der Waals surface area contributed by atoms with Crippen LogP contribution in [0.2, 0.25) is 5.02 Å². The van der Waals surface area contributed by atoms with Gasteiger partial charge in [0.25, 0.3) is 0 Å². The van der Waals surface area contributed by atoms with Crippen LogP contribution in [0, 0.1) is 0 Å². The Balaban J connectivity index is 2.03. The van der Waals surface area contributed by atoms with E-state index in [1.54, 1.807) is 19.1 Å². The second-order valence-corrected chi connectivity index (χ2v) is 10.2. The number of nitrogens with one attached hydrogen (secondary N) is 1. The lowest BCUT2D eigenvalue weighted by Crippen LogP contribution is -2.24. The molecule has 0 spiro atoms. The predicted octanol–water partition coefficient (Wildman–Crippen LogP) is 3.55. The molecule has 1 atom stereocenters. The zero-order valence-electron chi connectivity index (χ0n) is 16.0. The van der Waals surface area contributed by atoms with Gasteiger partial charge in [-0.2, -0.15) is 0 Å². The summed E-state index contributed by atoms with van der Waals surface area (Å²) in [6.45, 7) is 1.74. The summed E-state index contributed by atoms with van der Waals surface area (Å²) in [7, 11) is -0.936. The van der Waals surface area contributed by atoms with Gasteiger partial charge in [-0.3, -0.25) is 4.79 Å². The highest BCUT2D eigenvalue weighted by atomic mass is 35.5. The molecule has 7 nitrogen and oxygen atoms in total. The number of carbonyl (C=O) groups is 2. The number of hydrogen-bond donors (Lipinski definition) is 2. The van der Waals surface area contributed by atoms with Crippen LogP contribution in [0.25, 0.3) is 0 Å². The molecule has 0 saturated heterocycles. The average molecular weight is 457 g/mol. The number of hydrogen-bond acceptors (Lipinski definition) is 5. The van der Waals surface area contributed by atoms with Gasteiger partial charge in [0.15, 0.2) is 0 Å². The van der Waals surface area contributed by atoms with Crippen molar-refractivity contribution in [2.45, 2.75) is 22.8 Å². The summed E-state index contributed by atoms with van der Waals surface area (Å²) in [5.74, 6) is -0.752. The topological polar surface area (TPSA) is 104 Å². The number of anilines is 1. The van der Waals surface area contributed by atoms with E-state index in [9.17, 15) is 18.0 Å². The second kappa shape index (κ2) is 9.62. The number of amides is 1. The highest BCUT2D eigenvalue weighted by molar-refractivity contribution is 7.99. The zero-order valence-corrected chi connectivity index (χ0v) is 18.4. The normalized spacial score (nSPS) is 12.6. The number of carbonyl (C=O) groups excluding carboxylic acids is 1. The molecule has 10 heteroatoms. The standard InChI is InChI=1S/C19H21ClN2O5S2/c1-12(28-11-13-4-6-14(7-5-13)19(24)25)18(23)21-15-8-9-16(20)17(10-15)29(26,27)22(2)3/h4-10,12H,11H2,1-3H3,(H,21,23)(H,24,25)/t12-/m1/s1. The molecule has 0 aromatic heterocycles. The van der Waals surface area contributed by atoms with Crippen LogP contribution in [0.4, 0.5) is 5.69 Å². The lowest BCUT2D eigenvalue weighted by atomic mass is 10.1. The average Bonchev–Trinajstić information content (AvgIpc) is 2.67. The smallest absolute Gasteiger partial charge is 0.335 e. The number of carboxylic acid groups (broad SMARTS) is 1. The third kappa shape index (κ3) is 5.96. The second-order valence-electron chi connectivity index (χ2n) is 6.38. The number of nitrogens with zero attached hydrogens (tertiary/aromatic N) is 1. The third-order valence-electron chi connectivity index (χ3n) is 4.03. The quantitative estimate of drug-likeness (QED) is 0.629. The molecular formula is C19H21ClN2O5S2. The number of carboxylic acids is 1. The third-order valence-corrected chi connectivity index (χ3v) is 7.54. The van der Waals surface area contributed by atoms with Gasteiger partial charge in [-0.25, -0.2) is 17.5 Å². The Morgan fingerprint density at radius 1 is 1.17 bits per heavy atom. The van der Waals surface area contributed by atoms with Crippen molar-refractivity contribution >= 4 is 50.9 Å². The number of benzene rings is 2. The molecule has 2 N–H and O–H groups in total. The highest BCUT2D eigenvalue weighted by Crippen LogP contribution is 2.27. The number of sulfonamides is 1. The summed E-state index contributed by atoms with van der Waals surface area (Å²) in [4.78, 5) is 23.3. The van der Waals surface area contributed by atoms with Gasteiger partial charge in [0, 0.05) is 25.5 Å². The number of thioether (sulfide) groups is 1. The zero-order chi connectivity index (χ0) is 21.8. The molecule has 29 heavy (non-hydrogen) atoms. The van der Waals surface area contributed by atoms with Crippen LogP contribution in [0.3, 0.4) is 0 Å². The maximum atomic E-state index is 12.5. The molecule has 156 valence electrons. The number of rotatable bonds is 8. The highest BCUT2D eigenvalue weighted by Gasteiger charge is 2.22. The Hall–Kier alpha value is -2.07. The van der Waals surface area contributed by atoms with E-state index in [4.69, 9.17) is 16.7 Å². The Labute approximate surface area is 179 Å². The van der Waals surface area contributed by atoms with Crippen LogP contribution in [0.5, 0.6) is 0 Å². The Kier molecular flexibility index (Phi) is 7.70. The molecular weight excluding hydrogens is 436 g/mol. The van der Waals surface area contributed by atoms with E-state index in [0.29, 0.717) is 11.4 Å². The molecule has 2 aromatic carbocycles. The summed E-state index contributed by atoms with van der Waals surface area (Å²) in [6.07, 6.45) is 0. The maximum absolute atomic E-state index is 12.5. The monoisotopic (exact) mass is 456 g/mol. The maximum Gasteiger partial charge on any atom is 0.335 e. The predicted molar refractivity (Wildman–Crippen MR) is 115 cm³/mol. The molecule has 2 rings (SSSR count). The van der Waals surface area contributed by atoms with Gasteiger partial charge in [-0.05, 0) is 42.8 Å². The summed E-state index contributed by atoms with van der Waals surface area (Å²) < 4.78 is 25.7. The first kappa shape index (κ1) is 23.2. The minimum absolute atomic E-state index is 0.0731. The van der Waals surface area contributed by atoms with Gasteiger partial charge in [-0.1, -0.05) is 23.7 Å². The van der Waals surface area contributed by atoms with Crippen molar-refractivity contribution in [2.24, 2.45) is 0 Å². The molecule has 0 unspecified atom stereocenters. The lowest BCUT2D eigenvalue weighted by Gasteiger charge is -2.15. The van der Waals surface area contributed by atoms with Crippen molar-refractivity contribution in [3.05, 3.63) is 58.6 Å². The van der Waals surface area contributed by atoms with Crippen LogP contribution in [-0.2, 0) is 20.6 Å². The summed E-state index contributed by atoms with van der Waals surface area (Å²) >= 11 is 7.39. The van der Waals surface area contributed by atoms with E-state index < -0.39 is 21.2 Å². The van der Waals surface area contributed by atoms with Crippen LogP contribution in [-0.4, -0.2) is 49.1 Å². The summed E-state index contributed by atoms with van der Waals surface area (Å²) in [5.41, 5.74) is 1.43. The van der Waals surface area contributed by atoms with Gasteiger partial charge < -0.3 is 10.4 Å². The molecule has 0 aliphatic rings. The van der Waals surface area contributed by atoms with Crippen LogP contribution in [0.15, 0.2) is 47.4 Å². The van der Waals surface area contributed by atoms with Gasteiger partial charge >= 0.3 is 5.97 Å². The Bertz CT molecular complexity index is 1010. The van der Waals surface area contributed by atoms with Crippen molar-refractivity contribution in [3.63, 3.8) is 0 Å². The lowest BCUT2D eigenvalue weighted by molar-refractivity contribution is -0.115. The van der Waals surface area contributed by atoms with Crippen molar-refractivity contribution < 1.29 is 23.1 Å². The van der Waals surface area contributed by atoms with E-state index in [1.165, 1.54) is 56.2 Å². The van der Waals surface area contributed by atoms with Crippen molar-refractivity contribution in [1.82, 2.24) is 4.31 Å². The van der Waals surface area contributed by atoms with Crippen molar-refractivity contribution in [2.75, 3.05) is 19.4 Å². The summed E-state index contributed by atoms with van der Waals surface area (Å²) in [5, 5.41) is 11.3. The van der Waals surface area contributed by atoms with Gasteiger partial charge in [0.2, 0.25) is 15.9 Å². The van der Waals surface area contributed by atoms with E-state index in [2.05, 4.69) is 5.32 Å². The minimum atomic E-state index is -3.74. The fraction of sp³-hybridized carbons (Fsp3) is 0.263. The molecule has 0 heterocycles. The molecule has 1 amide bonds. The van der Waals surface area contributed by atoms with E-state index in [1.807, 2.05) is 0 Å². The number of aromatic carboxylic acids is 1. The van der Waals surface area contributed by atoms with Gasteiger partial charge in [0.1, 0.15) is 4.90 Å². The van der Waals surface area contributed by atoms with Crippen molar-refractivity contribution in [1.29, 1.82) is 0 Å². The van der Waals surface area contributed by atoms with Gasteiger partial charge in [-0.15, -0.1) is 11.8 Å². The molecule has 0 fully saturated rings. The first-order chi connectivity index (χ1) is 13.5. The fourth-order valence-electron chi connectivity index (χ4n) is 2.26. The molecule has 0 aliphatic carbocycles.